The predicted molar refractivity (Wildman–Crippen MR) is 117 cm³/mol. The Morgan fingerprint density at radius 2 is 1.70 bits per heavy atom. The molecule has 162 valence electrons. The number of nitrogens with one attached hydrogen (secondary N) is 2. The maximum Gasteiger partial charge on any atom is 0.255 e. The molecule has 0 aromatic heterocycles. The molecular weight excluding hydrogens is 400 g/mol. The molecule has 0 radical (unpaired) electrons. The second kappa shape index (κ2) is 9.18. The van der Waals surface area contributed by atoms with Gasteiger partial charge in [-0.3, -0.25) is 4.79 Å². The third kappa shape index (κ3) is 5.02. The first-order valence-corrected chi connectivity index (χ1v) is 11.8. The zero-order valence-electron chi connectivity index (χ0n) is 18.0. The molecule has 0 bridgehead atoms. The Balaban J connectivity index is 1.85. The van der Waals surface area contributed by atoms with Crippen molar-refractivity contribution < 1.29 is 17.9 Å². The van der Waals surface area contributed by atoms with Gasteiger partial charge in [0.1, 0.15) is 5.75 Å². The van der Waals surface area contributed by atoms with E-state index in [2.05, 4.69) is 22.2 Å². The fourth-order valence-electron chi connectivity index (χ4n) is 3.76. The summed E-state index contributed by atoms with van der Waals surface area (Å²) >= 11 is 0. The predicted octanol–water partition coefficient (Wildman–Crippen LogP) is 3.75. The molecule has 7 heteroatoms. The van der Waals surface area contributed by atoms with E-state index < -0.39 is 16.1 Å². The van der Waals surface area contributed by atoms with E-state index in [1.165, 1.54) is 49.3 Å². The fourth-order valence-corrected chi connectivity index (χ4v) is 5.02. The molecule has 1 atom stereocenters. The lowest BCUT2D eigenvalue weighted by atomic mass is 9.89. The lowest BCUT2D eigenvalue weighted by molar-refractivity contribution is 0.0940. The lowest BCUT2D eigenvalue weighted by Gasteiger charge is -2.20. The molecule has 0 heterocycles. The van der Waals surface area contributed by atoms with E-state index in [0.29, 0.717) is 5.75 Å². The number of rotatable bonds is 7. The number of carbonyl (C=O) groups is 1. The van der Waals surface area contributed by atoms with Gasteiger partial charge in [0.2, 0.25) is 10.0 Å². The van der Waals surface area contributed by atoms with Crippen LogP contribution in [0.25, 0.3) is 0 Å². The first-order chi connectivity index (χ1) is 14.2. The smallest absolute Gasteiger partial charge is 0.255 e. The SMILES string of the molecule is COc1ccc(S(=O)(=O)N[C@@H](C)c2ccc3c(c2)CCCC3)cc1C(=O)NC(C)C. The molecule has 2 N–H and O–H groups in total. The summed E-state index contributed by atoms with van der Waals surface area (Å²) in [5.41, 5.74) is 3.79. The highest BCUT2D eigenvalue weighted by Crippen LogP contribution is 2.27. The van der Waals surface area contributed by atoms with Crippen LogP contribution in [-0.2, 0) is 22.9 Å². The second-order valence-corrected chi connectivity index (χ2v) is 9.78. The molecule has 0 aliphatic heterocycles. The first kappa shape index (κ1) is 22.3. The molecule has 0 spiro atoms. The van der Waals surface area contributed by atoms with Crippen molar-refractivity contribution in [2.75, 3.05) is 7.11 Å². The standard InChI is InChI=1S/C23H30N2O4S/c1-15(2)24-23(26)21-14-20(11-12-22(21)29-4)30(27,28)25-16(3)18-10-9-17-7-5-6-8-19(17)13-18/h9-16,25H,5-8H2,1-4H3,(H,24,26)/t16-/m0/s1. The lowest BCUT2D eigenvalue weighted by Crippen LogP contribution is -2.31. The second-order valence-electron chi connectivity index (χ2n) is 8.07. The minimum absolute atomic E-state index is 0.0296. The van der Waals surface area contributed by atoms with Crippen molar-refractivity contribution in [3.63, 3.8) is 0 Å². The average molecular weight is 431 g/mol. The van der Waals surface area contributed by atoms with Gasteiger partial charge in [0.15, 0.2) is 0 Å². The zero-order valence-corrected chi connectivity index (χ0v) is 18.8. The van der Waals surface area contributed by atoms with Crippen LogP contribution in [0.4, 0.5) is 0 Å². The Morgan fingerprint density at radius 3 is 2.37 bits per heavy atom. The van der Waals surface area contributed by atoms with Gasteiger partial charge >= 0.3 is 0 Å². The molecule has 1 amide bonds. The van der Waals surface area contributed by atoms with Gasteiger partial charge < -0.3 is 10.1 Å². The summed E-state index contributed by atoms with van der Waals surface area (Å²) in [6.45, 7) is 5.51. The summed E-state index contributed by atoms with van der Waals surface area (Å²) < 4.78 is 34.0. The number of benzene rings is 2. The third-order valence-electron chi connectivity index (χ3n) is 5.35. The molecule has 30 heavy (non-hydrogen) atoms. The van der Waals surface area contributed by atoms with Crippen molar-refractivity contribution in [3.8, 4) is 5.75 Å². The summed E-state index contributed by atoms with van der Waals surface area (Å²) in [7, 11) is -2.37. The van der Waals surface area contributed by atoms with Gasteiger partial charge in [0.05, 0.1) is 17.6 Å². The third-order valence-corrected chi connectivity index (χ3v) is 6.89. The van der Waals surface area contributed by atoms with Crippen molar-refractivity contribution in [1.29, 1.82) is 0 Å². The molecular formula is C23H30N2O4S. The van der Waals surface area contributed by atoms with Gasteiger partial charge in [-0.05, 0) is 81.3 Å². The number of ether oxygens (including phenoxy) is 1. The van der Waals surface area contributed by atoms with E-state index in [-0.39, 0.29) is 22.4 Å². The number of hydrogen-bond donors (Lipinski definition) is 2. The number of methoxy groups -OCH3 is 1. The van der Waals surface area contributed by atoms with Crippen LogP contribution in [-0.4, -0.2) is 27.5 Å². The van der Waals surface area contributed by atoms with Gasteiger partial charge in [-0.25, -0.2) is 13.1 Å². The van der Waals surface area contributed by atoms with Crippen molar-refractivity contribution in [2.45, 2.75) is 63.4 Å². The Hall–Kier alpha value is -2.38. The van der Waals surface area contributed by atoms with Crippen molar-refractivity contribution in [2.24, 2.45) is 0 Å². The number of fused-ring (bicyclic) bond motifs is 1. The van der Waals surface area contributed by atoms with E-state index in [9.17, 15) is 13.2 Å². The van der Waals surface area contributed by atoms with Crippen LogP contribution >= 0.6 is 0 Å². The Morgan fingerprint density at radius 1 is 1.00 bits per heavy atom. The summed E-state index contributed by atoms with van der Waals surface area (Å²) in [6.07, 6.45) is 4.50. The van der Waals surface area contributed by atoms with Gasteiger partial charge in [0, 0.05) is 12.1 Å². The largest absolute Gasteiger partial charge is 0.496 e. The molecule has 0 saturated carbocycles. The van der Waals surface area contributed by atoms with Crippen LogP contribution in [0.15, 0.2) is 41.3 Å². The number of aryl methyl sites for hydroxylation is 2. The number of carbonyl (C=O) groups excluding carboxylic acids is 1. The van der Waals surface area contributed by atoms with Crippen LogP contribution in [0, 0.1) is 0 Å². The minimum atomic E-state index is -3.82. The molecule has 3 rings (SSSR count). The summed E-state index contributed by atoms with van der Waals surface area (Å²) in [6, 6.07) is 10.1. The normalized spacial score (nSPS) is 14.8. The molecule has 0 unspecified atom stereocenters. The first-order valence-electron chi connectivity index (χ1n) is 10.3. The Labute approximate surface area is 179 Å². The van der Waals surface area contributed by atoms with Crippen molar-refractivity contribution in [1.82, 2.24) is 10.0 Å². The molecule has 6 nitrogen and oxygen atoms in total. The maximum absolute atomic E-state index is 13.0. The quantitative estimate of drug-likeness (QED) is 0.701. The maximum atomic E-state index is 13.0. The van der Waals surface area contributed by atoms with E-state index in [1.54, 1.807) is 0 Å². The van der Waals surface area contributed by atoms with Crippen LogP contribution in [0.2, 0.25) is 0 Å². The van der Waals surface area contributed by atoms with Gasteiger partial charge in [-0.15, -0.1) is 0 Å². The number of amides is 1. The topological polar surface area (TPSA) is 84.5 Å². The van der Waals surface area contributed by atoms with Crippen LogP contribution in [0.1, 0.15) is 66.7 Å². The average Bonchev–Trinajstić information content (AvgIpc) is 2.72. The Kier molecular flexibility index (Phi) is 6.83. The molecule has 0 saturated heterocycles. The van der Waals surface area contributed by atoms with Crippen molar-refractivity contribution >= 4 is 15.9 Å². The Bertz CT molecular complexity index is 1030. The van der Waals surface area contributed by atoms with Gasteiger partial charge in [0.25, 0.3) is 5.91 Å². The molecule has 0 fully saturated rings. The zero-order chi connectivity index (χ0) is 21.9. The van der Waals surface area contributed by atoms with Crippen LogP contribution in [0.5, 0.6) is 5.75 Å². The minimum Gasteiger partial charge on any atom is -0.496 e. The molecule has 2 aromatic rings. The highest BCUT2D eigenvalue weighted by molar-refractivity contribution is 7.89. The van der Waals surface area contributed by atoms with Crippen molar-refractivity contribution in [3.05, 3.63) is 58.7 Å². The van der Waals surface area contributed by atoms with E-state index in [4.69, 9.17) is 4.74 Å². The monoisotopic (exact) mass is 430 g/mol. The van der Waals surface area contributed by atoms with E-state index in [1.807, 2.05) is 26.8 Å². The van der Waals surface area contributed by atoms with Crippen LogP contribution in [0.3, 0.4) is 0 Å². The summed E-state index contributed by atoms with van der Waals surface area (Å²) in [4.78, 5) is 12.5. The van der Waals surface area contributed by atoms with E-state index >= 15 is 0 Å². The molecule has 1 aliphatic rings. The highest BCUT2D eigenvalue weighted by Gasteiger charge is 2.23. The van der Waals surface area contributed by atoms with Gasteiger partial charge in [-0.2, -0.15) is 0 Å². The highest BCUT2D eigenvalue weighted by atomic mass is 32.2. The van der Waals surface area contributed by atoms with Crippen LogP contribution < -0.4 is 14.8 Å². The summed E-state index contributed by atoms with van der Waals surface area (Å²) in [5.74, 6) is -0.0449. The fraction of sp³-hybridized carbons (Fsp3) is 0.435. The number of sulfonamides is 1. The summed E-state index contributed by atoms with van der Waals surface area (Å²) in [5, 5.41) is 2.77. The number of hydrogen-bond acceptors (Lipinski definition) is 4. The molecule has 1 aliphatic carbocycles. The molecule has 2 aromatic carbocycles. The van der Waals surface area contributed by atoms with Gasteiger partial charge in [-0.1, -0.05) is 18.2 Å². The van der Waals surface area contributed by atoms with E-state index in [0.717, 1.165) is 18.4 Å².